The van der Waals surface area contributed by atoms with Gasteiger partial charge in [-0.2, -0.15) is 0 Å². The molecule has 1 aromatic heterocycles. The predicted molar refractivity (Wildman–Crippen MR) is 90.2 cm³/mol. The van der Waals surface area contributed by atoms with Crippen molar-refractivity contribution in [3.63, 3.8) is 0 Å². The monoisotopic (exact) mass is 348 g/mol. The molecule has 0 spiro atoms. The Hall–Kier alpha value is -2.68. The van der Waals surface area contributed by atoms with Crippen molar-refractivity contribution in [3.05, 3.63) is 38.9 Å². The van der Waals surface area contributed by atoms with Crippen LogP contribution in [0.4, 0.5) is 5.69 Å². The lowest BCUT2D eigenvalue weighted by atomic mass is 10.1. The second-order valence-electron chi connectivity index (χ2n) is 6.27. The third kappa shape index (κ3) is 3.71. The van der Waals surface area contributed by atoms with Crippen molar-refractivity contribution < 1.29 is 14.1 Å². The van der Waals surface area contributed by atoms with Crippen molar-refractivity contribution in [2.45, 2.75) is 38.3 Å². The zero-order valence-corrected chi connectivity index (χ0v) is 13.7. The van der Waals surface area contributed by atoms with Crippen LogP contribution in [-0.4, -0.2) is 39.4 Å². The molecule has 2 aromatic rings. The van der Waals surface area contributed by atoms with Crippen LogP contribution in [0.3, 0.4) is 0 Å². The zero-order valence-electron chi connectivity index (χ0n) is 13.7. The van der Waals surface area contributed by atoms with Crippen LogP contribution in [0.15, 0.2) is 27.4 Å². The number of likely N-dealkylation sites (tertiary alicyclic amines) is 1. The van der Waals surface area contributed by atoms with Crippen LogP contribution in [-0.2, 0) is 11.3 Å². The van der Waals surface area contributed by atoms with Crippen LogP contribution in [0, 0.1) is 10.1 Å². The summed E-state index contributed by atoms with van der Waals surface area (Å²) < 4.78 is 6.47. The lowest BCUT2D eigenvalue weighted by Crippen LogP contribution is -2.45. The van der Waals surface area contributed by atoms with E-state index >= 15 is 0 Å². The van der Waals surface area contributed by atoms with E-state index in [1.54, 1.807) is 4.90 Å². The maximum absolute atomic E-state index is 12.2. The number of hydrogen-bond acceptors (Lipinski definition) is 6. The second kappa shape index (κ2) is 7.06. The molecule has 0 radical (unpaired) electrons. The number of amides is 1. The van der Waals surface area contributed by atoms with Crippen LogP contribution in [0.1, 0.15) is 25.7 Å². The highest BCUT2D eigenvalue weighted by atomic mass is 16.6. The molecular formula is C16H20N4O5. The average molecular weight is 348 g/mol. The molecule has 2 N–H and O–H groups in total. The Morgan fingerprint density at radius 2 is 2.24 bits per heavy atom. The van der Waals surface area contributed by atoms with Gasteiger partial charge in [0.05, 0.1) is 16.5 Å². The first-order valence-electron chi connectivity index (χ1n) is 8.27. The lowest BCUT2D eigenvalue weighted by molar-refractivity contribution is -0.384. The summed E-state index contributed by atoms with van der Waals surface area (Å²) in [5.41, 5.74) is 6.41. The van der Waals surface area contributed by atoms with Gasteiger partial charge in [0.25, 0.3) is 5.69 Å². The minimum Gasteiger partial charge on any atom is -0.407 e. The average Bonchev–Trinajstić information content (AvgIpc) is 2.89. The summed E-state index contributed by atoms with van der Waals surface area (Å²) in [5, 5.41) is 10.8. The van der Waals surface area contributed by atoms with Gasteiger partial charge in [-0.25, -0.2) is 4.79 Å². The predicted octanol–water partition coefficient (Wildman–Crippen LogP) is 1.23. The summed E-state index contributed by atoms with van der Waals surface area (Å²) in [6.07, 6.45) is 2.65. The number of fused-ring (bicyclic) bond motifs is 1. The number of nitro groups is 1. The summed E-state index contributed by atoms with van der Waals surface area (Å²) in [5.74, 6) is -0.547. The summed E-state index contributed by atoms with van der Waals surface area (Å²) >= 11 is 0. The number of oxazole rings is 1. The van der Waals surface area contributed by atoms with Crippen molar-refractivity contribution in [1.82, 2.24) is 9.47 Å². The molecule has 1 amide bonds. The standard InChI is InChI=1S/C16H20N4O5/c17-11-3-1-7-18(10-11)15(21)4-2-8-19-13-6-5-12(20(23)24)9-14(13)25-16(19)22/h5-6,9,11H,1-4,7-8,10,17H2. The number of benzene rings is 1. The van der Waals surface area contributed by atoms with Crippen molar-refractivity contribution in [3.8, 4) is 0 Å². The first-order valence-corrected chi connectivity index (χ1v) is 8.27. The van der Waals surface area contributed by atoms with Gasteiger partial charge >= 0.3 is 5.76 Å². The number of carbonyl (C=O) groups is 1. The number of rotatable bonds is 5. The van der Waals surface area contributed by atoms with Gasteiger partial charge < -0.3 is 15.1 Å². The van der Waals surface area contributed by atoms with Gasteiger partial charge in [-0.05, 0) is 25.3 Å². The molecule has 1 unspecified atom stereocenters. The molecule has 0 aliphatic carbocycles. The second-order valence-corrected chi connectivity index (χ2v) is 6.27. The highest BCUT2D eigenvalue weighted by Gasteiger charge is 2.21. The number of piperidine rings is 1. The van der Waals surface area contributed by atoms with E-state index in [1.165, 1.54) is 22.8 Å². The van der Waals surface area contributed by atoms with E-state index < -0.39 is 10.7 Å². The number of nitro benzene ring substituents is 1. The Morgan fingerprint density at radius 3 is 2.96 bits per heavy atom. The Kier molecular flexibility index (Phi) is 4.84. The van der Waals surface area contributed by atoms with Crippen LogP contribution in [0.25, 0.3) is 11.1 Å². The smallest absolute Gasteiger partial charge is 0.407 e. The SMILES string of the molecule is NC1CCCN(C(=O)CCCn2c(=O)oc3cc([N+](=O)[O-])ccc32)C1. The van der Waals surface area contributed by atoms with Crippen molar-refractivity contribution in [2.75, 3.05) is 13.1 Å². The number of aryl methyl sites for hydroxylation is 1. The molecule has 0 bridgehead atoms. The van der Waals surface area contributed by atoms with E-state index in [0.717, 1.165) is 19.4 Å². The minimum atomic E-state index is -0.581. The Morgan fingerprint density at radius 1 is 1.44 bits per heavy atom. The molecule has 0 saturated carbocycles. The number of non-ortho nitro benzene ring substituents is 1. The lowest BCUT2D eigenvalue weighted by Gasteiger charge is -2.30. The van der Waals surface area contributed by atoms with Gasteiger partial charge in [0.15, 0.2) is 5.58 Å². The van der Waals surface area contributed by atoms with Crippen molar-refractivity contribution in [2.24, 2.45) is 5.73 Å². The highest BCUT2D eigenvalue weighted by Crippen LogP contribution is 2.20. The van der Waals surface area contributed by atoms with Gasteiger partial charge in [-0.15, -0.1) is 0 Å². The fourth-order valence-electron chi connectivity index (χ4n) is 3.16. The van der Waals surface area contributed by atoms with E-state index in [0.29, 0.717) is 31.4 Å². The number of carbonyl (C=O) groups excluding carboxylic acids is 1. The van der Waals surface area contributed by atoms with E-state index in [-0.39, 0.29) is 23.2 Å². The Balaban J connectivity index is 1.65. The van der Waals surface area contributed by atoms with E-state index in [9.17, 15) is 19.7 Å². The molecule has 2 heterocycles. The van der Waals surface area contributed by atoms with Crippen LogP contribution in [0.2, 0.25) is 0 Å². The molecule has 3 rings (SSSR count). The van der Waals surface area contributed by atoms with Crippen LogP contribution in [0.5, 0.6) is 0 Å². The zero-order chi connectivity index (χ0) is 18.0. The largest absolute Gasteiger partial charge is 0.419 e. The molecule has 1 saturated heterocycles. The first kappa shape index (κ1) is 17.2. The van der Waals surface area contributed by atoms with Gasteiger partial charge in [-0.3, -0.25) is 19.5 Å². The van der Waals surface area contributed by atoms with Crippen LogP contribution < -0.4 is 11.5 Å². The molecular weight excluding hydrogens is 328 g/mol. The summed E-state index contributed by atoms with van der Waals surface area (Å²) in [6, 6.07) is 4.08. The maximum atomic E-state index is 12.2. The first-order chi connectivity index (χ1) is 12.0. The van der Waals surface area contributed by atoms with E-state index in [4.69, 9.17) is 10.2 Å². The molecule has 1 atom stereocenters. The van der Waals surface area contributed by atoms with E-state index in [2.05, 4.69) is 0 Å². The van der Waals surface area contributed by atoms with Crippen LogP contribution >= 0.6 is 0 Å². The third-order valence-electron chi connectivity index (χ3n) is 4.45. The van der Waals surface area contributed by atoms with Crippen molar-refractivity contribution >= 4 is 22.7 Å². The maximum Gasteiger partial charge on any atom is 0.419 e. The number of nitrogens with zero attached hydrogens (tertiary/aromatic N) is 3. The summed E-state index contributed by atoms with van der Waals surface area (Å²) in [4.78, 5) is 36.2. The third-order valence-corrected chi connectivity index (χ3v) is 4.45. The quantitative estimate of drug-likeness (QED) is 0.640. The van der Waals surface area contributed by atoms with Gasteiger partial charge in [0, 0.05) is 38.2 Å². The molecule has 1 aliphatic heterocycles. The molecule has 25 heavy (non-hydrogen) atoms. The number of aromatic nitrogens is 1. The van der Waals surface area contributed by atoms with Gasteiger partial charge in [0.2, 0.25) is 5.91 Å². The number of hydrogen-bond donors (Lipinski definition) is 1. The molecule has 1 aliphatic rings. The fourth-order valence-corrected chi connectivity index (χ4v) is 3.16. The summed E-state index contributed by atoms with van der Waals surface area (Å²) in [7, 11) is 0. The Bertz CT molecular complexity index is 856. The molecule has 1 aromatic carbocycles. The van der Waals surface area contributed by atoms with Gasteiger partial charge in [0.1, 0.15) is 0 Å². The Labute approximate surface area is 143 Å². The van der Waals surface area contributed by atoms with Gasteiger partial charge in [-0.1, -0.05) is 0 Å². The fraction of sp³-hybridized carbons (Fsp3) is 0.500. The normalized spacial score (nSPS) is 17.8. The van der Waals surface area contributed by atoms with E-state index in [1.807, 2.05) is 0 Å². The summed E-state index contributed by atoms with van der Waals surface area (Å²) in [6.45, 7) is 1.62. The number of nitrogens with two attached hydrogens (primary N) is 1. The minimum absolute atomic E-state index is 0.0339. The highest BCUT2D eigenvalue weighted by molar-refractivity contribution is 5.77. The molecule has 9 heteroatoms. The molecule has 134 valence electrons. The molecule has 9 nitrogen and oxygen atoms in total. The van der Waals surface area contributed by atoms with Crippen molar-refractivity contribution in [1.29, 1.82) is 0 Å². The topological polar surface area (TPSA) is 125 Å². The molecule has 1 fully saturated rings.